The molecule has 5 aromatic rings. The molecule has 1 aliphatic carbocycles. The highest BCUT2D eigenvalue weighted by atomic mass is 35.5. The number of aliphatic hydroxyl groups excluding tert-OH is 1. The molecule has 9 rings (SSSR count). The number of nitrogens with one attached hydrogen (secondary N) is 3. The number of ether oxygens (including phenoxy) is 2. The zero-order valence-electron chi connectivity index (χ0n) is 37.8. The van der Waals surface area contributed by atoms with Gasteiger partial charge in [0.1, 0.15) is 17.0 Å². The Morgan fingerprint density at radius 3 is 2.52 bits per heavy atom. The summed E-state index contributed by atoms with van der Waals surface area (Å²) >= 11 is 6.27. The van der Waals surface area contributed by atoms with Crippen LogP contribution in [0.15, 0.2) is 89.5 Å². The summed E-state index contributed by atoms with van der Waals surface area (Å²) in [6.45, 7) is 10.4. The number of allylic oxidation sites excluding steroid dienone is 1. The predicted octanol–water partition coefficient (Wildman–Crippen LogP) is 8.01. The van der Waals surface area contributed by atoms with Crippen molar-refractivity contribution in [1.29, 1.82) is 0 Å². The fourth-order valence-electron chi connectivity index (χ4n) is 9.65. The van der Waals surface area contributed by atoms with Crippen LogP contribution in [0.3, 0.4) is 0 Å². The number of nitro benzene ring substituents is 1. The number of aliphatic hydroxyl groups is 1. The third-order valence-corrected chi connectivity index (χ3v) is 15.2. The molecule has 0 radical (unpaired) electrons. The Morgan fingerprint density at radius 2 is 1.78 bits per heavy atom. The summed E-state index contributed by atoms with van der Waals surface area (Å²) in [5.41, 5.74) is 6.45. The molecule has 16 nitrogen and oxygen atoms in total. The van der Waals surface area contributed by atoms with Crippen LogP contribution in [0.25, 0.3) is 16.6 Å². The van der Waals surface area contributed by atoms with Gasteiger partial charge in [-0.2, -0.15) is 4.98 Å². The average Bonchev–Trinajstić information content (AvgIpc) is 3.71. The van der Waals surface area contributed by atoms with Gasteiger partial charge in [-0.05, 0) is 109 Å². The maximum Gasteiger partial charge on any atom is 0.293 e. The molecule has 0 saturated carbocycles. The minimum Gasteiger partial charge on any atom is -0.476 e. The number of halogens is 1. The Morgan fingerprint density at radius 1 is 1.00 bits per heavy atom. The lowest BCUT2D eigenvalue weighted by Gasteiger charge is -2.39. The topological polar surface area (TPSA) is 195 Å². The van der Waals surface area contributed by atoms with E-state index in [9.17, 15) is 28.4 Å². The van der Waals surface area contributed by atoms with Crippen molar-refractivity contribution in [3.8, 4) is 5.88 Å². The number of hydrogen-bond donors (Lipinski definition) is 4. The smallest absolute Gasteiger partial charge is 0.293 e. The lowest BCUT2D eigenvalue weighted by atomic mass is 9.72. The zero-order chi connectivity index (χ0) is 46.9. The van der Waals surface area contributed by atoms with Gasteiger partial charge in [-0.3, -0.25) is 19.8 Å². The molecule has 4 aliphatic rings. The summed E-state index contributed by atoms with van der Waals surface area (Å²) in [7, 11) is -4.62. The van der Waals surface area contributed by atoms with E-state index in [1.807, 2.05) is 41.3 Å². The van der Waals surface area contributed by atoms with Crippen molar-refractivity contribution in [2.24, 2.45) is 17.3 Å². The molecule has 0 bridgehead atoms. The molecule has 18 heteroatoms. The van der Waals surface area contributed by atoms with Crippen LogP contribution in [-0.4, -0.2) is 111 Å². The van der Waals surface area contributed by atoms with Gasteiger partial charge in [0.2, 0.25) is 5.88 Å². The first-order valence-corrected chi connectivity index (χ1v) is 24.8. The number of piperazine rings is 1. The highest BCUT2D eigenvalue weighted by Crippen LogP contribution is 2.44. The number of rotatable bonds is 13. The van der Waals surface area contributed by atoms with Gasteiger partial charge < -0.3 is 34.7 Å². The number of carbonyl (C=O) groups excluding carboxylic acids is 1. The number of aromatic nitrogens is 2. The van der Waals surface area contributed by atoms with E-state index in [1.54, 1.807) is 12.3 Å². The normalized spacial score (nSPS) is 19.4. The average molecular weight is 954 g/mol. The Hall–Kier alpha value is -5.72. The SMILES string of the molecule is CC1(C)CCC(CN2CCN(c3ccc(C(=O)NS(=O)(=O)c4ccc(NCC5CCOCC5)c([N+](=O)[O-])c4)c(N4CC(CO)COc5nc6[nH]ccc6cc54)c3)CC2)=C(c2ccc(Cl)cc2)C1. The van der Waals surface area contributed by atoms with Crippen molar-refractivity contribution in [2.45, 2.75) is 50.8 Å². The molecule has 2 aromatic heterocycles. The Balaban J connectivity index is 1.01. The number of aromatic amines is 1. The molecule has 3 aromatic carbocycles. The third-order valence-electron chi connectivity index (χ3n) is 13.6. The number of pyridine rings is 1. The molecule has 1 atom stereocenters. The molecule has 2 saturated heterocycles. The molecule has 1 amide bonds. The van der Waals surface area contributed by atoms with Crippen LogP contribution in [-0.2, 0) is 14.8 Å². The lowest BCUT2D eigenvalue weighted by molar-refractivity contribution is -0.384. The summed E-state index contributed by atoms with van der Waals surface area (Å²) < 4.78 is 41.8. The molecule has 4 N–H and O–H groups in total. The minimum atomic E-state index is -4.62. The molecular formula is C49H57ClN8O8S. The van der Waals surface area contributed by atoms with Gasteiger partial charge in [-0.15, -0.1) is 0 Å². The van der Waals surface area contributed by atoms with Gasteiger partial charge in [-0.1, -0.05) is 43.2 Å². The van der Waals surface area contributed by atoms with Gasteiger partial charge in [0.15, 0.2) is 0 Å². The van der Waals surface area contributed by atoms with Crippen molar-refractivity contribution >= 4 is 72.6 Å². The summed E-state index contributed by atoms with van der Waals surface area (Å²) in [5.74, 6) is -0.774. The second-order valence-electron chi connectivity index (χ2n) is 18.9. The second-order valence-corrected chi connectivity index (χ2v) is 21.0. The molecule has 354 valence electrons. The fraction of sp³-hybridized carbons (Fsp3) is 0.429. The molecule has 1 unspecified atom stereocenters. The van der Waals surface area contributed by atoms with Gasteiger partial charge >= 0.3 is 0 Å². The zero-order valence-corrected chi connectivity index (χ0v) is 39.4. The molecular weight excluding hydrogens is 896 g/mol. The van der Waals surface area contributed by atoms with E-state index in [4.69, 9.17) is 26.1 Å². The number of benzene rings is 3. The van der Waals surface area contributed by atoms with Crippen molar-refractivity contribution in [2.75, 3.05) is 87.4 Å². The van der Waals surface area contributed by atoms with E-state index in [0.717, 1.165) is 73.9 Å². The lowest BCUT2D eigenvalue weighted by Crippen LogP contribution is -2.47. The van der Waals surface area contributed by atoms with Crippen LogP contribution in [0.1, 0.15) is 61.9 Å². The van der Waals surface area contributed by atoms with E-state index >= 15 is 0 Å². The molecule has 67 heavy (non-hydrogen) atoms. The highest BCUT2D eigenvalue weighted by molar-refractivity contribution is 7.90. The van der Waals surface area contributed by atoms with Crippen LogP contribution in [0.5, 0.6) is 5.88 Å². The van der Waals surface area contributed by atoms with Crippen LogP contribution in [0.2, 0.25) is 5.02 Å². The Bertz CT molecular complexity index is 2780. The van der Waals surface area contributed by atoms with E-state index in [-0.39, 0.29) is 42.3 Å². The number of amides is 1. The Labute approximate surface area is 395 Å². The Kier molecular flexibility index (Phi) is 13.5. The highest BCUT2D eigenvalue weighted by Gasteiger charge is 2.33. The molecule has 5 heterocycles. The van der Waals surface area contributed by atoms with Gasteiger partial charge in [0.25, 0.3) is 21.6 Å². The van der Waals surface area contributed by atoms with Crippen LogP contribution >= 0.6 is 11.6 Å². The van der Waals surface area contributed by atoms with Crippen molar-refractivity contribution in [3.63, 3.8) is 0 Å². The first-order valence-electron chi connectivity index (χ1n) is 23.0. The quantitative estimate of drug-likeness (QED) is 0.0656. The third kappa shape index (κ3) is 10.4. The van der Waals surface area contributed by atoms with Crippen LogP contribution in [0.4, 0.5) is 28.4 Å². The molecule has 2 fully saturated rings. The summed E-state index contributed by atoms with van der Waals surface area (Å²) in [4.78, 5) is 40.1. The van der Waals surface area contributed by atoms with Gasteiger partial charge in [0.05, 0.1) is 34.3 Å². The van der Waals surface area contributed by atoms with E-state index in [2.05, 4.69) is 50.8 Å². The number of nitrogens with zero attached hydrogens (tertiary/aromatic N) is 5. The summed E-state index contributed by atoms with van der Waals surface area (Å²) in [5, 5.41) is 27.4. The number of carbonyl (C=O) groups is 1. The maximum absolute atomic E-state index is 14.5. The van der Waals surface area contributed by atoms with E-state index in [0.29, 0.717) is 55.7 Å². The molecule has 3 aliphatic heterocycles. The second kappa shape index (κ2) is 19.5. The number of sulfonamides is 1. The van der Waals surface area contributed by atoms with E-state index in [1.165, 1.54) is 28.8 Å². The maximum atomic E-state index is 14.5. The number of hydrogen-bond acceptors (Lipinski definition) is 13. The number of H-pyrrole nitrogens is 1. The first kappa shape index (κ1) is 46.4. The van der Waals surface area contributed by atoms with Crippen molar-refractivity contribution < 1.29 is 32.7 Å². The predicted molar refractivity (Wildman–Crippen MR) is 260 cm³/mol. The van der Waals surface area contributed by atoms with Gasteiger partial charge in [0, 0.05) is 93.3 Å². The first-order chi connectivity index (χ1) is 32.2. The monoisotopic (exact) mass is 952 g/mol. The summed E-state index contributed by atoms with van der Waals surface area (Å²) in [6.07, 6.45) is 6.55. The van der Waals surface area contributed by atoms with Crippen molar-refractivity contribution in [3.05, 3.63) is 111 Å². The largest absolute Gasteiger partial charge is 0.476 e. The number of nitro groups is 1. The standard InChI is InChI=1S/C49H57ClN8O8S/c1-49(2)15-11-36(41(26-49)34-3-5-37(50)6-4-34)29-55-17-19-56(20-18-55)38-7-9-40(43(24-38)57-28-33(30-59)31-66-48-45(57)23-35-12-16-51-46(35)53-48)47(60)54-67(63,64)39-8-10-42(44(25-39)58(61)62)52-27-32-13-21-65-22-14-32/h3-10,12,16,23-25,32-33,52,59H,11,13-15,17-22,26-31H2,1-2H3,(H,51,53)(H,54,60). The van der Waals surface area contributed by atoms with Crippen LogP contribution in [0, 0.1) is 27.4 Å². The van der Waals surface area contributed by atoms with Crippen molar-refractivity contribution in [1.82, 2.24) is 19.6 Å². The van der Waals surface area contributed by atoms with Gasteiger partial charge in [-0.25, -0.2) is 13.1 Å². The van der Waals surface area contributed by atoms with Crippen LogP contribution < -0.4 is 24.6 Å². The molecule has 0 spiro atoms. The number of anilines is 4. The minimum absolute atomic E-state index is 0.0378. The van der Waals surface area contributed by atoms with E-state index < -0.39 is 37.4 Å². The fourth-order valence-corrected chi connectivity index (χ4v) is 10.8. The number of fused-ring (bicyclic) bond motifs is 2. The summed E-state index contributed by atoms with van der Waals surface area (Å²) in [6, 6.07) is 20.8.